The van der Waals surface area contributed by atoms with Gasteiger partial charge in [0.2, 0.25) is 0 Å². The molecule has 1 saturated carbocycles. The Morgan fingerprint density at radius 3 is 1.17 bits per heavy atom. The predicted molar refractivity (Wildman–Crippen MR) is 211 cm³/mol. The van der Waals surface area contributed by atoms with Gasteiger partial charge in [0.1, 0.15) is 0 Å². The van der Waals surface area contributed by atoms with E-state index in [0.29, 0.717) is 32.9 Å². The highest BCUT2D eigenvalue weighted by atomic mass is 15.3. The first-order chi connectivity index (χ1) is 21.1. The van der Waals surface area contributed by atoms with Crippen molar-refractivity contribution in [2.75, 3.05) is 19.6 Å². The summed E-state index contributed by atoms with van der Waals surface area (Å²) in [5.74, 6) is 3.78. The maximum atomic E-state index is 2.81. The molecule has 0 radical (unpaired) electrons. The van der Waals surface area contributed by atoms with Crippen LogP contribution >= 0.6 is 0 Å². The van der Waals surface area contributed by atoms with Crippen molar-refractivity contribution in [1.29, 1.82) is 0 Å². The van der Waals surface area contributed by atoms with Gasteiger partial charge in [-0.25, -0.2) is 0 Å². The summed E-state index contributed by atoms with van der Waals surface area (Å²) in [5, 5.41) is 0. The summed E-state index contributed by atoms with van der Waals surface area (Å²) in [6.45, 7) is 50.8. The van der Waals surface area contributed by atoms with Crippen molar-refractivity contribution in [2.24, 2.45) is 39.9 Å². The number of hydrogen-bond donors (Lipinski definition) is 0. The highest BCUT2D eigenvalue weighted by Gasteiger charge is 2.51. The molecule has 3 nitrogen and oxygen atoms in total. The third kappa shape index (κ3) is 11.7. The molecule has 47 heavy (non-hydrogen) atoms. The molecule has 0 aromatic heterocycles. The van der Waals surface area contributed by atoms with Crippen molar-refractivity contribution in [3.63, 3.8) is 0 Å². The van der Waals surface area contributed by atoms with Gasteiger partial charge < -0.3 is 0 Å². The van der Waals surface area contributed by atoms with Crippen LogP contribution in [0.1, 0.15) is 190 Å². The summed E-state index contributed by atoms with van der Waals surface area (Å²) in [4.78, 5) is 8.17. The summed E-state index contributed by atoms with van der Waals surface area (Å²) < 4.78 is 0. The highest BCUT2D eigenvalue weighted by Crippen LogP contribution is 2.51. The van der Waals surface area contributed by atoms with Gasteiger partial charge in [-0.1, -0.05) is 76.2 Å². The van der Waals surface area contributed by atoms with Gasteiger partial charge in [-0.3, -0.25) is 14.7 Å². The molecular weight excluding hydrogens is 571 g/mol. The number of fused-ring (bicyclic) bond motifs is 4. The van der Waals surface area contributed by atoms with E-state index in [1.54, 1.807) is 0 Å². The van der Waals surface area contributed by atoms with Crippen LogP contribution in [0.5, 0.6) is 0 Å². The Balaban J connectivity index is 0.000000239. The van der Waals surface area contributed by atoms with Crippen LogP contribution in [0, 0.1) is 39.9 Å². The predicted octanol–water partition coefficient (Wildman–Crippen LogP) is 12.2. The molecule has 3 heteroatoms. The van der Waals surface area contributed by atoms with Crippen LogP contribution in [0.4, 0.5) is 0 Å². The van der Waals surface area contributed by atoms with E-state index in [0.717, 1.165) is 41.8 Å². The zero-order chi connectivity index (χ0) is 36.6. The zero-order valence-corrected chi connectivity index (χ0v) is 36.2. The number of piperidine rings is 3. The largest absolute Gasteiger partial charge is 0.298 e. The molecule has 1 aliphatic carbocycles. The Kier molecular flexibility index (Phi) is 14.3. The van der Waals surface area contributed by atoms with Crippen molar-refractivity contribution in [3.05, 3.63) is 0 Å². The molecule has 5 unspecified atom stereocenters. The maximum Gasteiger partial charge on any atom is 0.0130 e. The minimum atomic E-state index is 0.364. The Morgan fingerprint density at radius 1 is 0.426 bits per heavy atom. The van der Waals surface area contributed by atoms with Crippen molar-refractivity contribution in [3.8, 4) is 0 Å². The molecule has 0 spiro atoms. The standard InChI is InChI=1S/C15H29N.C14H27N.C13H27N.C2H6/c1-14(2,3)11-9-12-7-8-13(10-11)16(12)15(4,5)6;1-13(2,3)12-8-11-7-10(12)9-15(11)14(4,5)6;1-12(2,3)11-7-9-14(10-8-11)13(4,5)6;1-2/h11-13H,7-10H2,1-6H3;10-12H,7-9H2,1-6H3;11H,7-10H2,1-6H3;1-2H3. The molecule has 4 bridgehead atoms. The second-order valence-electron chi connectivity index (χ2n) is 22.5. The van der Waals surface area contributed by atoms with Gasteiger partial charge in [-0.15, -0.1) is 0 Å². The van der Waals surface area contributed by atoms with Gasteiger partial charge in [-0.05, 0) is 167 Å². The Hall–Kier alpha value is -0.120. The van der Waals surface area contributed by atoms with E-state index >= 15 is 0 Å². The van der Waals surface area contributed by atoms with E-state index in [2.05, 4.69) is 139 Å². The second kappa shape index (κ2) is 15.6. The quantitative estimate of drug-likeness (QED) is 0.256. The Morgan fingerprint density at radius 2 is 0.872 bits per heavy atom. The van der Waals surface area contributed by atoms with Gasteiger partial charge in [0, 0.05) is 41.3 Å². The fourth-order valence-corrected chi connectivity index (χ4v) is 10.2. The summed E-state index contributed by atoms with van der Waals surface area (Å²) in [6, 6.07) is 2.60. The number of hydrogen-bond acceptors (Lipinski definition) is 3. The van der Waals surface area contributed by atoms with Crippen LogP contribution in [0.15, 0.2) is 0 Å². The van der Waals surface area contributed by atoms with Gasteiger partial charge in [0.25, 0.3) is 0 Å². The van der Waals surface area contributed by atoms with Gasteiger partial charge in [0.15, 0.2) is 0 Å². The fourth-order valence-electron chi connectivity index (χ4n) is 10.2. The monoisotopic (exact) mass is 660 g/mol. The minimum Gasteiger partial charge on any atom is -0.298 e. The van der Waals surface area contributed by atoms with E-state index in [1.807, 2.05) is 13.8 Å². The van der Waals surface area contributed by atoms with Crippen LogP contribution in [0.3, 0.4) is 0 Å². The number of nitrogens with zero attached hydrogens (tertiary/aromatic N) is 3. The minimum absolute atomic E-state index is 0.364. The lowest BCUT2D eigenvalue weighted by Gasteiger charge is -2.49. The fraction of sp³-hybridized carbons (Fsp3) is 1.00. The second-order valence-corrected chi connectivity index (χ2v) is 22.5. The van der Waals surface area contributed by atoms with Crippen molar-refractivity contribution >= 4 is 0 Å². The molecule has 280 valence electrons. The molecule has 4 saturated heterocycles. The van der Waals surface area contributed by atoms with Crippen molar-refractivity contribution in [1.82, 2.24) is 14.7 Å². The molecule has 4 aliphatic heterocycles. The lowest BCUT2D eigenvalue weighted by molar-refractivity contribution is -0.00409. The van der Waals surface area contributed by atoms with Crippen LogP contribution in [0.25, 0.3) is 0 Å². The molecule has 0 N–H and O–H groups in total. The number of rotatable bonds is 0. The summed E-state index contributed by atoms with van der Waals surface area (Å²) >= 11 is 0. The lowest BCUT2D eigenvalue weighted by atomic mass is 9.72. The molecule has 5 aliphatic rings. The average molecular weight is 660 g/mol. The molecule has 5 rings (SSSR count). The first-order valence-electron chi connectivity index (χ1n) is 20.4. The normalized spacial score (nSPS) is 31.4. The van der Waals surface area contributed by atoms with E-state index < -0.39 is 0 Å². The third-order valence-corrected chi connectivity index (χ3v) is 12.9. The van der Waals surface area contributed by atoms with Crippen LogP contribution in [0.2, 0.25) is 0 Å². The molecule has 0 aromatic rings. The van der Waals surface area contributed by atoms with Gasteiger partial charge in [0.05, 0.1) is 0 Å². The SMILES string of the molecule is CC.CC(C)(C)C1CC2CC1CN2C(C)(C)C.CC(C)(C)C1CC2CCC(C1)N2C(C)(C)C.CC(C)(C)C1CCN(C(C)(C)C)CC1. The van der Waals surface area contributed by atoms with E-state index in [9.17, 15) is 0 Å². The molecule has 5 atom stereocenters. The molecular formula is C44H89N3. The molecule has 0 aromatic carbocycles. The van der Waals surface area contributed by atoms with E-state index in [4.69, 9.17) is 0 Å². The number of likely N-dealkylation sites (tertiary alicyclic amines) is 2. The summed E-state index contributed by atoms with van der Waals surface area (Å²) in [6.07, 6.45) is 11.4. The van der Waals surface area contributed by atoms with Crippen molar-refractivity contribution in [2.45, 2.75) is 225 Å². The van der Waals surface area contributed by atoms with E-state index in [1.165, 1.54) is 71.0 Å². The van der Waals surface area contributed by atoms with Crippen LogP contribution in [-0.4, -0.2) is 69.1 Å². The Labute approximate surface area is 298 Å². The highest BCUT2D eigenvalue weighted by molar-refractivity contribution is 5.04. The molecule has 4 heterocycles. The summed E-state index contributed by atoms with van der Waals surface area (Å²) in [5.41, 5.74) is 2.64. The molecule has 0 amide bonds. The first kappa shape index (κ1) is 43.0. The first-order valence-corrected chi connectivity index (χ1v) is 20.4. The molecule has 5 fully saturated rings. The van der Waals surface area contributed by atoms with Crippen LogP contribution < -0.4 is 0 Å². The zero-order valence-electron chi connectivity index (χ0n) is 36.2. The van der Waals surface area contributed by atoms with Crippen molar-refractivity contribution < 1.29 is 0 Å². The van der Waals surface area contributed by atoms with Gasteiger partial charge in [-0.2, -0.15) is 0 Å². The topological polar surface area (TPSA) is 9.72 Å². The van der Waals surface area contributed by atoms with Gasteiger partial charge >= 0.3 is 0 Å². The lowest BCUT2D eigenvalue weighted by Crippen LogP contribution is -2.54. The third-order valence-electron chi connectivity index (χ3n) is 12.9. The Bertz CT molecular complexity index is 854. The van der Waals surface area contributed by atoms with E-state index in [-0.39, 0.29) is 0 Å². The maximum absolute atomic E-state index is 2.81. The summed E-state index contributed by atoms with van der Waals surface area (Å²) in [7, 11) is 0. The van der Waals surface area contributed by atoms with Crippen LogP contribution in [-0.2, 0) is 0 Å². The smallest absolute Gasteiger partial charge is 0.0130 e. The average Bonchev–Trinajstić information content (AvgIpc) is 3.60.